The van der Waals surface area contributed by atoms with Crippen LogP contribution in [0.1, 0.15) is 51.5 Å². The third-order valence-corrected chi connectivity index (χ3v) is 3.49. The second-order valence-corrected chi connectivity index (χ2v) is 5.57. The summed E-state index contributed by atoms with van der Waals surface area (Å²) in [5.74, 6) is 0. The fourth-order valence-electron chi connectivity index (χ4n) is 1.96. The molecule has 102 valence electrons. The molecule has 2 nitrogen and oxygen atoms in total. The lowest BCUT2D eigenvalue weighted by atomic mass is 10.1. The lowest BCUT2D eigenvalue weighted by molar-refractivity contribution is 0.593. The van der Waals surface area contributed by atoms with Crippen LogP contribution in [0.15, 0.2) is 6.07 Å². The molecule has 1 unspecified atom stereocenters. The van der Waals surface area contributed by atoms with Gasteiger partial charge in [-0.3, -0.25) is 0 Å². The number of hydrogen-bond acceptors (Lipinski definition) is 2. The van der Waals surface area contributed by atoms with E-state index in [1.807, 2.05) is 13.0 Å². The van der Waals surface area contributed by atoms with Gasteiger partial charge < -0.3 is 5.32 Å². The van der Waals surface area contributed by atoms with E-state index in [2.05, 4.69) is 24.1 Å². The summed E-state index contributed by atoms with van der Waals surface area (Å²) in [7, 11) is 0. The van der Waals surface area contributed by atoms with Gasteiger partial charge in [-0.1, -0.05) is 55.8 Å². The second kappa shape index (κ2) is 7.85. The molecule has 0 aliphatic heterocycles. The summed E-state index contributed by atoms with van der Waals surface area (Å²) in [6, 6.07) is 2.24. The van der Waals surface area contributed by atoms with Crippen LogP contribution in [0, 0.1) is 6.92 Å². The number of rotatable bonds is 7. The Labute approximate surface area is 120 Å². The number of aryl methyl sites for hydroxylation is 1. The van der Waals surface area contributed by atoms with Gasteiger partial charge in [0, 0.05) is 6.04 Å². The molecule has 0 aliphatic carbocycles. The van der Waals surface area contributed by atoms with Gasteiger partial charge in [-0.15, -0.1) is 0 Å². The van der Waals surface area contributed by atoms with Crippen molar-refractivity contribution in [2.45, 2.75) is 58.9 Å². The molecular weight excluding hydrogens is 267 g/mol. The Bertz CT molecular complexity index is 357. The van der Waals surface area contributed by atoms with Gasteiger partial charge in [0.05, 0.1) is 5.69 Å². The highest BCUT2D eigenvalue weighted by atomic mass is 35.5. The van der Waals surface area contributed by atoms with Crippen molar-refractivity contribution >= 4 is 28.9 Å². The van der Waals surface area contributed by atoms with Gasteiger partial charge in [0.1, 0.15) is 5.15 Å². The zero-order valence-corrected chi connectivity index (χ0v) is 12.9. The SMILES string of the molecule is CCCCCCC(C)Nc1c(C)cc(Cl)nc1Cl. The number of anilines is 1. The molecule has 0 aromatic carbocycles. The van der Waals surface area contributed by atoms with Crippen molar-refractivity contribution in [3.8, 4) is 0 Å². The number of hydrogen-bond donors (Lipinski definition) is 1. The Morgan fingerprint density at radius 1 is 1.28 bits per heavy atom. The van der Waals surface area contributed by atoms with E-state index in [0.717, 1.165) is 17.7 Å². The molecular formula is C14H22Cl2N2. The topological polar surface area (TPSA) is 24.9 Å². The average Bonchev–Trinajstić information content (AvgIpc) is 2.29. The standard InChI is InChI=1S/C14H22Cl2N2/c1-4-5-6-7-8-11(3)17-13-10(2)9-12(15)18-14(13)16/h9,11,17H,4-8H2,1-3H3. The molecule has 0 bridgehead atoms. The Balaban J connectivity index is 2.51. The molecule has 1 aromatic rings. The molecule has 4 heteroatoms. The van der Waals surface area contributed by atoms with Gasteiger partial charge in [0.2, 0.25) is 0 Å². The summed E-state index contributed by atoms with van der Waals surface area (Å²) in [5.41, 5.74) is 1.95. The minimum absolute atomic E-state index is 0.404. The Morgan fingerprint density at radius 2 is 2.00 bits per heavy atom. The van der Waals surface area contributed by atoms with Crippen molar-refractivity contribution in [2.75, 3.05) is 5.32 Å². The van der Waals surface area contributed by atoms with Gasteiger partial charge in [-0.25, -0.2) is 4.98 Å². The van der Waals surface area contributed by atoms with Crippen molar-refractivity contribution in [2.24, 2.45) is 0 Å². The molecule has 0 aliphatic rings. The number of aromatic nitrogens is 1. The number of halogens is 2. The van der Waals surface area contributed by atoms with Gasteiger partial charge in [-0.05, 0) is 31.9 Å². The highest BCUT2D eigenvalue weighted by Gasteiger charge is 2.10. The van der Waals surface area contributed by atoms with Crippen LogP contribution in [0.2, 0.25) is 10.3 Å². The number of nitrogens with zero attached hydrogens (tertiary/aromatic N) is 1. The fraction of sp³-hybridized carbons (Fsp3) is 0.643. The van der Waals surface area contributed by atoms with Crippen LogP contribution in [-0.2, 0) is 0 Å². The summed E-state index contributed by atoms with van der Waals surface area (Å²) in [6.45, 7) is 6.39. The highest BCUT2D eigenvalue weighted by Crippen LogP contribution is 2.27. The van der Waals surface area contributed by atoms with E-state index in [-0.39, 0.29) is 0 Å². The van der Waals surface area contributed by atoms with Gasteiger partial charge >= 0.3 is 0 Å². The van der Waals surface area contributed by atoms with Gasteiger partial charge in [0.25, 0.3) is 0 Å². The van der Waals surface area contributed by atoms with Crippen LogP contribution < -0.4 is 5.32 Å². The van der Waals surface area contributed by atoms with Crippen molar-refractivity contribution in [3.05, 3.63) is 21.9 Å². The maximum atomic E-state index is 6.10. The van der Waals surface area contributed by atoms with E-state index >= 15 is 0 Å². The van der Waals surface area contributed by atoms with Gasteiger partial charge in [0.15, 0.2) is 5.15 Å². The lowest BCUT2D eigenvalue weighted by Crippen LogP contribution is -2.16. The maximum absolute atomic E-state index is 6.10. The number of nitrogens with one attached hydrogen (secondary N) is 1. The molecule has 1 atom stereocenters. The highest BCUT2D eigenvalue weighted by molar-refractivity contribution is 6.34. The first kappa shape index (κ1) is 15.6. The molecule has 0 saturated heterocycles. The van der Waals surface area contributed by atoms with E-state index < -0.39 is 0 Å². The zero-order valence-electron chi connectivity index (χ0n) is 11.4. The summed E-state index contributed by atoms with van der Waals surface area (Å²) in [4.78, 5) is 4.07. The Hall–Kier alpha value is -0.470. The second-order valence-electron chi connectivity index (χ2n) is 4.82. The van der Waals surface area contributed by atoms with E-state index in [4.69, 9.17) is 23.2 Å². The zero-order chi connectivity index (χ0) is 13.5. The van der Waals surface area contributed by atoms with E-state index in [1.165, 1.54) is 25.7 Å². The Kier molecular flexibility index (Phi) is 6.80. The number of unbranched alkanes of at least 4 members (excludes halogenated alkanes) is 3. The molecule has 1 rings (SSSR count). The number of pyridine rings is 1. The van der Waals surface area contributed by atoms with Crippen molar-refractivity contribution in [1.82, 2.24) is 4.98 Å². The summed E-state index contributed by atoms with van der Waals surface area (Å²) < 4.78 is 0. The molecule has 1 aromatic heterocycles. The van der Waals surface area contributed by atoms with Gasteiger partial charge in [-0.2, -0.15) is 0 Å². The predicted octanol–water partition coefficient (Wildman–Crippen LogP) is 5.47. The van der Waals surface area contributed by atoms with Crippen molar-refractivity contribution in [3.63, 3.8) is 0 Å². The summed E-state index contributed by atoms with van der Waals surface area (Å²) in [6.07, 6.45) is 6.29. The molecule has 18 heavy (non-hydrogen) atoms. The molecule has 0 spiro atoms. The van der Waals surface area contributed by atoms with Crippen LogP contribution in [0.4, 0.5) is 5.69 Å². The van der Waals surface area contributed by atoms with Crippen molar-refractivity contribution < 1.29 is 0 Å². The van der Waals surface area contributed by atoms with Crippen LogP contribution in [0.5, 0.6) is 0 Å². The first-order valence-electron chi connectivity index (χ1n) is 6.63. The van der Waals surface area contributed by atoms with Crippen LogP contribution >= 0.6 is 23.2 Å². The fourth-order valence-corrected chi connectivity index (χ4v) is 2.55. The average molecular weight is 289 g/mol. The third kappa shape index (κ3) is 5.03. The molecule has 0 saturated carbocycles. The molecule has 0 amide bonds. The maximum Gasteiger partial charge on any atom is 0.154 e. The molecule has 1 N–H and O–H groups in total. The first-order chi connectivity index (χ1) is 8.54. The van der Waals surface area contributed by atoms with Crippen LogP contribution in [0.3, 0.4) is 0 Å². The molecule has 1 heterocycles. The quantitative estimate of drug-likeness (QED) is 0.532. The third-order valence-electron chi connectivity index (χ3n) is 3.02. The smallest absolute Gasteiger partial charge is 0.154 e. The first-order valence-corrected chi connectivity index (χ1v) is 7.39. The van der Waals surface area contributed by atoms with E-state index in [0.29, 0.717) is 16.3 Å². The minimum Gasteiger partial charge on any atom is -0.380 e. The van der Waals surface area contributed by atoms with E-state index in [9.17, 15) is 0 Å². The Morgan fingerprint density at radius 3 is 2.61 bits per heavy atom. The summed E-state index contributed by atoms with van der Waals surface area (Å²) in [5, 5.41) is 4.33. The van der Waals surface area contributed by atoms with Crippen molar-refractivity contribution in [1.29, 1.82) is 0 Å². The van der Waals surface area contributed by atoms with E-state index in [1.54, 1.807) is 0 Å². The van der Waals surface area contributed by atoms with Crippen LogP contribution in [0.25, 0.3) is 0 Å². The largest absolute Gasteiger partial charge is 0.380 e. The van der Waals surface area contributed by atoms with Crippen LogP contribution in [-0.4, -0.2) is 11.0 Å². The molecule has 0 radical (unpaired) electrons. The summed E-state index contributed by atoms with van der Waals surface area (Å²) >= 11 is 12.0. The normalized spacial score (nSPS) is 12.5. The predicted molar refractivity (Wildman–Crippen MR) is 80.8 cm³/mol. The minimum atomic E-state index is 0.404. The monoisotopic (exact) mass is 288 g/mol. The molecule has 0 fully saturated rings. The lowest BCUT2D eigenvalue weighted by Gasteiger charge is -2.17.